The zero-order valence-electron chi connectivity index (χ0n) is 10.6. The summed E-state index contributed by atoms with van der Waals surface area (Å²) in [6.07, 6.45) is 7.20. The summed E-state index contributed by atoms with van der Waals surface area (Å²) in [4.78, 5) is 0. The molecular formula is C13H27NO. The predicted octanol–water partition coefficient (Wildman–Crippen LogP) is 2.71. The van der Waals surface area contributed by atoms with Crippen LogP contribution >= 0.6 is 0 Å². The molecule has 1 atom stereocenters. The molecule has 0 aromatic rings. The van der Waals surface area contributed by atoms with Gasteiger partial charge < -0.3 is 10.4 Å². The lowest BCUT2D eigenvalue weighted by Crippen LogP contribution is -2.44. The molecule has 0 aromatic heterocycles. The van der Waals surface area contributed by atoms with Crippen LogP contribution in [0.1, 0.15) is 59.3 Å². The molecule has 1 aliphatic carbocycles. The van der Waals surface area contributed by atoms with Crippen LogP contribution in [-0.2, 0) is 0 Å². The summed E-state index contributed by atoms with van der Waals surface area (Å²) in [6.45, 7) is 7.14. The Hall–Kier alpha value is -0.0800. The Morgan fingerprint density at radius 3 is 2.27 bits per heavy atom. The molecule has 0 radical (unpaired) electrons. The fraction of sp³-hybridized carbons (Fsp3) is 1.00. The second-order valence-electron chi connectivity index (χ2n) is 5.15. The van der Waals surface area contributed by atoms with Crippen LogP contribution in [-0.4, -0.2) is 23.3 Å². The molecule has 2 heteroatoms. The largest absolute Gasteiger partial charge is 0.389 e. The predicted molar refractivity (Wildman–Crippen MR) is 65.0 cm³/mol. The van der Waals surface area contributed by atoms with Gasteiger partial charge in [-0.3, -0.25) is 0 Å². The van der Waals surface area contributed by atoms with Gasteiger partial charge in [0.2, 0.25) is 0 Å². The third-order valence-corrected chi connectivity index (χ3v) is 4.18. The second kappa shape index (κ2) is 5.86. The molecule has 1 aliphatic rings. The van der Waals surface area contributed by atoms with Gasteiger partial charge in [-0.2, -0.15) is 0 Å². The molecule has 1 saturated carbocycles. The molecule has 0 aliphatic heterocycles. The maximum Gasteiger partial charge on any atom is 0.0766 e. The van der Waals surface area contributed by atoms with E-state index < -0.39 is 5.60 Å². The Bertz CT molecular complexity index is 171. The molecule has 0 amide bonds. The molecule has 2 nitrogen and oxygen atoms in total. The van der Waals surface area contributed by atoms with Gasteiger partial charge >= 0.3 is 0 Å². The average Bonchev–Trinajstić information content (AvgIpc) is 2.79. The van der Waals surface area contributed by atoms with Crippen LogP contribution in [0, 0.1) is 5.92 Å². The minimum absolute atomic E-state index is 0.493. The van der Waals surface area contributed by atoms with E-state index in [0.717, 1.165) is 25.3 Å². The molecule has 0 aromatic carbocycles. The van der Waals surface area contributed by atoms with Crippen molar-refractivity contribution in [2.75, 3.05) is 6.54 Å². The second-order valence-corrected chi connectivity index (χ2v) is 5.15. The highest BCUT2D eigenvalue weighted by atomic mass is 16.3. The molecule has 15 heavy (non-hydrogen) atoms. The van der Waals surface area contributed by atoms with Crippen molar-refractivity contribution in [1.29, 1.82) is 0 Å². The number of hydrogen-bond donors (Lipinski definition) is 2. The Balaban J connectivity index is 2.28. The van der Waals surface area contributed by atoms with Crippen LogP contribution in [0.2, 0.25) is 0 Å². The van der Waals surface area contributed by atoms with Gasteiger partial charge in [0.15, 0.2) is 0 Å². The number of aliphatic hydroxyl groups is 1. The summed E-state index contributed by atoms with van der Waals surface area (Å²) in [5, 5.41) is 13.7. The summed E-state index contributed by atoms with van der Waals surface area (Å²) in [5.74, 6) is 0.836. The molecule has 0 spiro atoms. The van der Waals surface area contributed by atoms with Crippen molar-refractivity contribution >= 4 is 0 Å². The van der Waals surface area contributed by atoms with E-state index in [9.17, 15) is 5.11 Å². The van der Waals surface area contributed by atoms with Gasteiger partial charge in [0, 0.05) is 12.6 Å². The van der Waals surface area contributed by atoms with Crippen LogP contribution in [0.25, 0.3) is 0 Å². The zero-order chi connectivity index (χ0) is 11.3. The Morgan fingerprint density at radius 1 is 1.27 bits per heavy atom. The van der Waals surface area contributed by atoms with Gasteiger partial charge in [-0.15, -0.1) is 0 Å². The summed E-state index contributed by atoms with van der Waals surface area (Å²) in [7, 11) is 0. The van der Waals surface area contributed by atoms with Crippen molar-refractivity contribution in [2.45, 2.75) is 70.9 Å². The van der Waals surface area contributed by atoms with E-state index in [1.165, 1.54) is 25.7 Å². The van der Waals surface area contributed by atoms with Crippen molar-refractivity contribution < 1.29 is 5.11 Å². The first-order valence-electron chi connectivity index (χ1n) is 6.57. The number of hydrogen-bond acceptors (Lipinski definition) is 2. The molecular weight excluding hydrogens is 186 g/mol. The smallest absolute Gasteiger partial charge is 0.0766 e. The quantitative estimate of drug-likeness (QED) is 0.711. The van der Waals surface area contributed by atoms with Crippen molar-refractivity contribution in [3.63, 3.8) is 0 Å². The Labute approximate surface area is 94.5 Å². The summed E-state index contributed by atoms with van der Waals surface area (Å²) in [5.41, 5.74) is -0.493. The highest BCUT2D eigenvalue weighted by Crippen LogP contribution is 2.27. The molecule has 1 fully saturated rings. The summed E-state index contributed by atoms with van der Waals surface area (Å²) < 4.78 is 0. The molecule has 2 N–H and O–H groups in total. The molecule has 1 unspecified atom stereocenters. The van der Waals surface area contributed by atoms with Gasteiger partial charge in [0.05, 0.1) is 5.60 Å². The number of rotatable bonds is 6. The molecule has 0 saturated heterocycles. The van der Waals surface area contributed by atoms with E-state index in [4.69, 9.17) is 0 Å². The standard InChI is InChI=1S/C13H27NO/c1-4-13(15,5-2)10-14-11(3)12-8-6-7-9-12/h11-12,14-15H,4-10H2,1-3H3. The van der Waals surface area contributed by atoms with Crippen LogP contribution in [0.15, 0.2) is 0 Å². The maximum atomic E-state index is 10.2. The molecule has 0 heterocycles. The van der Waals surface area contributed by atoms with E-state index >= 15 is 0 Å². The van der Waals surface area contributed by atoms with Gasteiger partial charge in [0.1, 0.15) is 0 Å². The molecule has 1 rings (SSSR count). The topological polar surface area (TPSA) is 32.3 Å². The van der Waals surface area contributed by atoms with E-state index in [0.29, 0.717) is 6.04 Å². The van der Waals surface area contributed by atoms with Crippen molar-refractivity contribution in [3.8, 4) is 0 Å². The van der Waals surface area contributed by atoms with E-state index in [2.05, 4.69) is 26.1 Å². The maximum absolute atomic E-state index is 10.2. The first kappa shape index (κ1) is 13.0. The normalized spacial score (nSPS) is 20.8. The first-order valence-corrected chi connectivity index (χ1v) is 6.57. The summed E-state index contributed by atoms with van der Waals surface area (Å²) in [6, 6.07) is 0.567. The van der Waals surface area contributed by atoms with Crippen LogP contribution in [0.3, 0.4) is 0 Å². The fourth-order valence-corrected chi connectivity index (χ4v) is 2.48. The van der Waals surface area contributed by atoms with Crippen LogP contribution < -0.4 is 5.32 Å². The van der Waals surface area contributed by atoms with Gasteiger partial charge in [-0.1, -0.05) is 26.7 Å². The van der Waals surface area contributed by atoms with Crippen LogP contribution in [0.5, 0.6) is 0 Å². The zero-order valence-corrected chi connectivity index (χ0v) is 10.6. The van der Waals surface area contributed by atoms with Crippen molar-refractivity contribution in [1.82, 2.24) is 5.32 Å². The lowest BCUT2D eigenvalue weighted by atomic mass is 9.95. The SMILES string of the molecule is CCC(O)(CC)CNC(C)C1CCCC1. The minimum atomic E-state index is -0.493. The fourth-order valence-electron chi connectivity index (χ4n) is 2.48. The average molecular weight is 213 g/mol. The molecule has 90 valence electrons. The highest BCUT2D eigenvalue weighted by molar-refractivity contribution is 4.83. The van der Waals surface area contributed by atoms with Gasteiger partial charge in [-0.05, 0) is 38.5 Å². The van der Waals surface area contributed by atoms with E-state index in [1.54, 1.807) is 0 Å². The highest BCUT2D eigenvalue weighted by Gasteiger charge is 2.26. The van der Waals surface area contributed by atoms with Gasteiger partial charge in [0.25, 0.3) is 0 Å². The van der Waals surface area contributed by atoms with Gasteiger partial charge in [-0.25, -0.2) is 0 Å². The molecule has 0 bridgehead atoms. The third kappa shape index (κ3) is 3.76. The van der Waals surface area contributed by atoms with Crippen molar-refractivity contribution in [3.05, 3.63) is 0 Å². The Kier molecular flexibility index (Phi) is 5.07. The van der Waals surface area contributed by atoms with E-state index in [1.807, 2.05) is 0 Å². The Morgan fingerprint density at radius 2 is 1.80 bits per heavy atom. The van der Waals surface area contributed by atoms with Crippen molar-refractivity contribution in [2.24, 2.45) is 5.92 Å². The van der Waals surface area contributed by atoms with Crippen LogP contribution in [0.4, 0.5) is 0 Å². The van der Waals surface area contributed by atoms with E-state index in [-0.39, 0.29) is 0 Å². The monoisotopic (exact) mass is 213 g/mol. The summed E-state index contributed by atoms with van der Waals surface area (Å²) >= 11 is 0. The number of nitrogens with one attached hydrogen (secondary N) is 1. The first-order chi connectivity index (χ1) is 7.11. The minimum Gasteiger partial charge on any atom is -0.389 e. The third-order valence-electron chi connectivity index (χ3n) is 4.18. The lowest BCUT2D eigenvalue weighted by molar-refractivity contribution is 0.0285. The lowest BCUT2D eigenvalue weighted by Gasteiger charge is -2.29.